The van der Waals surface area contributed by atoms with Crippen molar-refractivity contribution < 1.29 is 4.90 Å². The number of nitrogen functional groups attached to an aromatic ring is 2. The van der Waals surface area contributed by atoms with Crippen LogP contribution in [0.4, 0.5) is 11.4 Å². The summed E-state index contributed by atoms with van der Waals surface area (Å²) >= 11 is 0. The van der Waals surface area contributed by atoms with Crippen LogP contribution in [0.1, 0.15) is 12.0 Å². The summed E-state index contributed by atoms with van der Waals surface area (Å²) in [6, 6.07) is 5.70. The van der Waals surface area contributed by atoms with Gasteiger partial charge in [-0.2, -0.15) is 0 Å². The normalized spacial score (nSPS) is 10.8. The SMILES string of the molecule is C[NH+](C)CCCc1cc(N)ccc1N. The molecule has 0 aliphatic heterocycles. The summed E-state index contributed by atoms with van der Waals surface area (Å²) in [6.45, 7) is 1.16. The van der Waals surface area contributed by atoms with Gasteiger partial charge in [-0.25, -0.2) is 0 Å². The summed E-state index contributed by atoms with van der Waals surface area (Å²) in [6.07, 6.45) is 2.16. The monoisotopic (exact) mass is 194 g/mol. The van der Waals surface area contributed by atoms with Crippen molar-refractivity contribution in [2.75, 3.05) is 32.1 Å². The number of nitrogens with two attached hydrogens (primary N) is 2. The highest BCUT2D eigenvalue weighted by Crippen LogP contribution is 2.16. The van der Waals surface area contributed by atoms with E-state index in [4.69, 9.17) is 11.5 Å². The molecule has 5 N–H and O–H groups in total. The van der Waals surface area contributed by atoms with E-state index in [1.807, 2.05) is 18.2 Å². The fraction of sp³-hybridized carbons (Fsp3) is 0.455. The standard InChI is InChI=1S/C11H19N3/c1-14(2)7-3-4-9-8-10(12)5-6-11(9)13/h5-6,8H,3-4,7,12-13H2,1-2H3/p+1. The van der Waals surface area contributed by atoms with Crippen LogP contribution in [-0.2, 0) is 6.42 Å². The molecule has 78 valence electrons. The van der Waals surface area contributed by atoms with E-state index in [9.17, 15) is 0 Å². The molecule has 0 bridgehead atoms. The van der Waals surface area contributed by atoms with E-state index in [2.05, 4.69) is 14.1 Å². The van der Waals surface area contributed by atoms with E-state index in [1.165, 1.54) is 10.5 Å². The molecule has 0 heterocycles. The van der Waals surface area contributed by atoms with Gasteiger partial charge in [0.2, 0.25) is 0 Å². The minimum Gasteiger partial charge on any atom is -0.399 e. The van der Waals surface area contributed by atoms with Crippen LogP contribution < -0.4 is 16.4 Å². The van der Waals surface area contributed by atoms with E-state index >= 15 is 0 Å². The summed E-state index contributed by atoms with van der Waals surface area (Å²) in [5.41, 5.74) is 14.4. The van der Waals surface area contributed by atoms with Gasteiger partial charge in [0.25, 0.3) is 0 Å². The minimum absolute atomic E-state index is 0.798. The van der Waals surface area contributed by atoms with Gasteiger partial charge >= 0.3 is 0 Å². The number of aryl methyl sites for hydroxylation is 1. The summed E-state index contributed by atoms with van der Waals surface area (Å²) in [5, 5.41) is 0. The first-order valence-corrected chi connectivity index (χ1v) is 5.02. The maximum absolute atomic E-state index is 5.84. The Bertz CT molecular complexity index is 295. The first-order valence-electron chi connectivity index (χ1n) is 5.02. The topological polar surface area (TPSA) is 56.5 Å². The Labute approximate surface area is 85.7 Å². The number of quaternary nitrogens is 1. The van der Waals surface area contributed by atoms with Crippen molar-refractivity contribution >= 4 is 11.4 Å². The summed E-state index contributed by atoms with van der Waals surface area (Å²) < 4.78 is 0. The van der Waals surface area contributed by atoms with Crippen molar-refractivity contribution in [3.63, 3.8) is 0 Å². The number of benzene rings is 1. The molecule has 0 spiro atoms. The van der Waals surface area contributed by atoms with Crippen molar-refractivity contribution in [1.29, 1.82) is 0 Å². The van der Waals surface area contributed by atoms with E-state index in [-0.39, 0.29) is 0 Å². The van der Waals surface area contributed by atoms with Crippen LogP contribution in [0.15, 0.2) is 18.2 Å². The van der Waals surface area contributed by atoms with Gasteiger partial charge in [0, 0.05) is 17.8 Å². The molecule has 1 aromatic rings. The van der Waals surface area contributed by atoms with Crippen LogP contribution in [0.3, 0.4) is 0 Å². The van der Waals surface area contributed by atoms with Gasteiger partial charge in [-0.15, -0.1) is 0 Å². The third kappa shape index (κ3) is 3.26. The number of anilines is 2. The fourth-order valence-electron chi connectivity index (χ4n) is 1.47. The molecule has 0 fully saturated rings. The summed E-state index contributed by atoms with van der Waals surface area (Å²) in [7, 11) is 4.31. The Morgan fingerprint density at radius 1 is 1.21 bits per heavy atom. The van der Waals surface area contributed by atoms with E-state index in [0.717, 1.165) is 30.8 Å². The van der Waals surface area contributed by atoms with Crippen LogP contribution in [0.2, 0.25) is 0 Å². The Balaban J connectivity index is 2.53. The van der Waals surface area contributed by atoms with E-state index in [0.29, 0.717) is 0 Å². The third-order valence-corrected chi connectivity index (χ3v) is 2.29. The Kier molecular flexibility index (Phi) is 3.77. The van der Waals surface area contributed by atoms with Crippen LogP contribution >= 0.6 is 0 Å². The lowest BCUT2D eigenvalue weighted by atomic mass is 10.1. The molecule has 3 nitrogen and oxygen atoms in total. The van der Waals surface area contributed by atoms with Gasteiger partial charge in [0.1, 0.15) is 0 Å². The van der Waals surface area contributed by atoms with Crippen LogP contribution in [0, 0.1) is 0 Å². The molecule has 0 saturated heterocycles. The largest absolute Gasteiger partial charge is 0.399 e. The molecule has 1 rings (SSSR count). The lowest BCUT2D eigenvalue weighted by Crippen LogP contribution is -3.05. The number of nitrogens with one attached hydrogen (secondary N) is 1. The molecule has 0 aromatic heterocycles. The molecule has 0 amide bonds. The molecule has 0 saturated carbocycles. The Morgan fingerprint density at radius 3 is 2.57 bits per heavy atom. The zero-order valence-electron chi connectivity index (χ0n) is 9.01. The van der Waals surface area contributed by atoms with Gasteiger partial charge < -0.3 is 16.4 Å². The second-order valence-corrected chi connectivity index (χ2v) is 4.02. The molecule has 0 radical (unpaired) electrons. The van der Waals surface area contributed by atoms with Crippen LogP contribution in [-0.4, -0.2) is 20.6 Å². The molecular weight excluding hydrogens is 174 g/mol. The summed E-state index contributed by atoms with van der Waals surface area (Å²) in [5.74, 6) is 0. The van der Waals surface area contributed by atoms with E-state index in [1.54, 1.807) is 0 Å². The van der Waals surface area contributed by atoms with Gasteiger partial charge in [0.05, 0.1) is 20.6 Å². The Morgan fingerprint density at radius 2 is 1.93 bits per heavy atom. The molecule has 3 heteroatoms. The van der Waals surface area contributed by atoms with Gasteiger partial charge in [-0.3, -0.25) is 0 Å². The lowest BCUT2D eigenvalue weighted by molar-refractivity contribution is -0.858. The van der Waals surface area contributed by atoms with Crippen molar-refractivity contribution in [1.82, 2.24) is 0 Å². The number of rotatable bonds is 4. The fourth-order valence-corrected chi connectivity index (χ4v) is 1.47. The smallest absolute Gasteiger partial charge is 0.0770 e. The number of hydrogen-bond donors (Lipinski definition) is 3. The average Bonchev–Trinajstić information content (AvgIpc) is 2.10. The summed E-state index contributed by atoms with van der Waals surface area (Å²) in [4.78, 5) is 1.47. The predicted octanol–water partition coefficient (Wildman–Crippen LogP) is -0.0719. The third-order valence-electron chi connectivity index (χ3n) is 2.29. The second kappa shape index (κ2) is 4.86. The first kappa shape index (κ1) is 10.9. The lowest BCUT2D eigenvalue weighted by Gasteiger charge is -2.09. The van der Waals surface area contributed by atoms with Crippen molar-refractivity contribution in [3.05, 3.63) is 23.8 Å². The second-order valence-electron chi connectivity index (χ2n) is 4.02. The van der Waals surface area contributed by atoms with E-state index < -0.39 is 0 Å². The maximum atomic E-state index is 5.84. The quantitative estimate of drug-likeness (QED) is 0.588. The molecule has 0 atom stereocenters. The van der Waals surface area contributed by atoms with Crippen molar-refractivity contribution in [2.24, 2.45) is 0 Å². The highest BCUT2D eigenvalue weighted by Gasteiger charge is 2.01. The van der Waals surface area contributed by atoms with Gasteiger partial charge in [-0.05, 0) is 30.2 Å². The van der Waals surface area contributed by atoms with Crippen LogP contribution in [0.25, 0.3) is 0 Å². The predicted molar refractivity (Wildman–Crippen MR) is 61.3 cm³/mol. The molecular formula is C11H20N3+. The zero-order chi connectivity index (χ0) is 10.6. The molecule has 1 aromatic carbocycles. The maximum Gasteiger partial charge on any atom is 0.0770 e. The van der Waals surface area contributed by atoms with Crippen molar-refractivity contribution in [3.8, 4) is 0 Å². The zero-order valence-corrected chi connectivity index (χ0v) is 9.01. The molecule has 0 unspecified atom stereocenters. The molecule has 0 aliphatic rings. The highest BCUT2D eigenvalue weighted by molar-refractivity contribution is 5.55. The molecule has 14 heavy (non-hydrogen) atoms. The molecule has 0 aliphatic carbocycles. The minimum atomic E-state index is 0.798. The number of hydrogen-bond acceptors (Lipinski definition) is 2. The van der Waals surface area contributed by atoms with Crippen molar-refractivity contribution in [2.45, 2.75) is 12.8 Å². The van der Waals surface area contributed by atoms with Gasteiger partial charge in [0.15, 0.2) is 0 Å². The Hall–Kier alpha value is -1.22. The van der Waals surface area contributed by atoms with Gasteiger partial charge in [-0.1, -0.05) is 0 Å². The average molecular weight is 194 g/mol. The highest BCUT2D eigenvalue weighted by atomic mass is 15.0. The first-order chi connectivity index (χ1) is 6.59. The van der Waals surface area contributed by atoms with Crippen LogP contribution in [0.5, 0.6) is 0 Å².